The smallest absolute Gasteiger partial charge is 0.408 e. The van der Waals surface area contributed by atoms with E-state index in [2.05, 4.69) is 25.2 Å². The molecule has 0 bridgehead atoms. The molecule has 1 atom stereocenters. The van der Waals surface area contributed by atoms with Crippen molar-refractivity contribution in [2.24, 2.45) is 0 Å². The molecule has 52 heavy (non-hydrogen) atoms. The molecule has 3 heterocycles. The highest BCUT2D eigenvalue weighted by atomic mass is 19.3. The minimum absolute atomic E-state index is 0. The van der Waals surface area contributed by atoms with Crippen LogP contribution in [0.4, 0.5) is 23.7 Å². The first kappa shape index (κ1) is 39.3. The molecule has 0 aliphatic carbocycles. The van der Waals surface area contributed by atoms with Crippen LogP contribution in [-0.4, -0.2) is 59.0 Å². The summed E-state index contributed by atoms with van der Waals surface area (Å²) in [4.78, 5) is 41.8. The Hall–Kier alpha value is -5.47. The van der Waals surface area contributed by atoms with Crippen LogP contribution in [0.25, 0.3) is 22.7 Å². The normalized spacial score (nSPS) is 15.4. The Morgan fingerprint density at radius 1 is 1.04 bits per heavy atom. The van der Waals surface area contributed by atoms with E-state index in [0.717, 1.165) is 16.5 Å². The van der Waals surface area contributed by atoms with Gasteiger partial charge in [0.15, 0.2) is 0 Å². The summed E-state index contributed by atoms with van der Waals surface area (Å²) in [6, 6.07) is 10.7. The SMILES string of the molecule is COC(C)=O.COc1ccc(-c2ccc(CN3C(=O)C(NC(=O)OC(C)(C)C)CC(F)(F)c4cc(F)c(-c5nnc(C(C)(C)C)o5)cc43)cc2)nc1.[HH]. The van der Waals surface area contributed by atoms with E-state index in [1.807, 2.05) is 20.8 Å². The van der Waals surface area contributed by atoms with Crippen LogP contribution < -0.4 is 15.0 Å². The Balaban J connectivity index is 0.00000118. The minimum atomic E-state index is -3.73. The van der Waals surface area contributed by atoms with Crippen molar-refractivity contribution in [1.82, 2.24) is 20.5 Å². The van der Waals surface area contributed by atoms with Crippen LogP contribution >= 0.6 is 0 Å². The van der Waals surface area contributed by atoms with Gasteiger partial charge in [-0.15, -0.1) is 10.2 Å². The number of alkyl halides is 2. The van der Waals surface area contributed by atoms with Gasteiger partial charge in [-0.1, -0.05) is 45.0 Å². The van der Waals surface area contributed by atoms with Gasteiger partial charge in [0.2, 0.25) is 11.8 Å². The van der Waals surface area contributed by atoms with Gasteiger partial charge in [0.25, 0.3) is 11.8 Å². The minimum Gasteiger partial charge on any atom is -0.495 e. The van der Waals surface area contributed by atoms with E-state index in [4.69, 9.17) is 13.9 Å². The maximum absolute atomic E-state index is 15.9. The number of fused-ring (bicyclic) bond motifs is 1. The first-order valence-electron chi connectivity index (χ1n) is 16.2. The second-order valence-electron chi connectivity index (χ2n) is 14.0. The van der Waals surface area contributed by atoms with Crippen LogP contribution in [0.1, 0.15) is 73.3 Å². The number of alkyl carbamates (subject to hydrolysis) is 1. The van der Waals surface area contributed by atoms with Crippen molar-refractivity contribution in [1.29, 1.82) is 0 Å². The van der Waals surface area contributed by atoms with Crippen molar-refractivity contribution in [2.75, 3.05) is 19.1 Å². The van der Waals surface area contributed by atoms with Crippen LogP contribution in [0.3, 0.4) is 0 Å². The number of anilines is 1. The van der Waals surface area contributed by atoms with Crippen molar-refractivity contribution < 1.29 is 47.6 Å². The van der Waals surface area contributed by atoms with Gasteiger partial charge in [0, 0.05) is 31.3 Å². The maximum Gasteiger partial charge on any atom is 0.408 e. The fraction of sp³-hybridized carbons (Fsp3) is 0.405. The molecule has 15 heteroatoms. The van der Waals surface area contributed by atoms with Gasteiger partial charge < -0.3 is 28.8 Å². The molecule has 0 fully saturated rings. The van der Waals surface area contributed by atoms with E-state index < -0.39 is 52.8 Å². The number of methoxy groups -OCH3 is 2. The van der Waals surface area contributed by atoms with Gasteiger partial charge in [-0.2, -0.15) is 0 Å². The highest BCUT2D eigenvalue weighted by Gasteiger charge is 2.47. The summed E-state index contributed by atoms with van der Waals surface area (Å²) >= 11 is 0. The fourth-order valence-corrected chi connectivity index (χ4v) is 5.00. The molecule has 12 nitrogen and oxygen atoms in total. The van der Waals surface area contributed by atoms with Crippen LogP contribution in [0, 0.1) is 5.82 Å². The molecule has 1 aliphatic heterocycles. The Bertz CT molecular complexity index is 1910. The second-order valence-corrected chi connectivity index (χ2v) is 14.0. The van der Waals surface area contributed by atoms with Crippen molar-refractivity contribution >= 4 is 23.7 Å². The molecule has 2 aromatic carbocycles. The number of hydrogen-bond acceptors (Lipinski definition) is 10. The first-order chi connectivity index (χ1) is 24.2. The Kier molecular flexibility index (Phi) is 11.7. The number of amides is 2. The molecule has 2 amide bonds. The molecule has 5 rings (SSSR count). The number of ether oxygens (including phenoxy) is 3. The van der Waals surface area contributed by atoms with Crippen LogP contribution in [0.5, 0.6) is 5.75 Å². The molecule has 0 saturated heterocycles. The van der Waals surface area contributed by atoms with E-state index in [-0.39, 0.29) is 37.0 Å². The average Bonchev–Trinajstić information content (AvgIpc) is 3.55. The molecule has 1 aliphatic rings. The van der Waals surface area contributed by atoms with Crippen LogP contribution in [0.2, 0.25) is 0 Å². The number of carbonyl (C=O) groups is 3. The number of halogens is 3. The number of hydrogen-bond donors (Lipinski definition) is 1. The van der Waals surface area contributed by atoms with E-state index in [1.165, 1.54) is 14.0 Å². The number of carbonyl (C=O) groups excluding carboxylic acids is 3. The lowest BCUT2D eigenvalue weighted by atomic mass is 9.97. The lowest BCUT2D eigenvalue weighted by Crippen LogP contribution is -2.49. The summed E-state index contributed by atoms with van der Waals surface area (Å²) in [7, 11) is 2.89. The average molecular weight is 728 g/mol. The van der Waals surface area contributed by atoms with Gasteiger partial charge in [-0.3, -0.25) is 14.6 Å². The number of benzene rings is 2. The highest BCUT2D eigenvalue weighted by Crippen LogP contribution is 2.45. The fourth-order valence-electron chi connectivity index (χ4n) is 5.00. The van der Waals surface area contributed by atoms with E-state index in [9.17, 15) is 14.4 Å². The van der Waals surface area contributed by atoms with Gasteiger partial charge in [0.1, 0.15) is 23.2 Å². The summed E-state index contributed by atoms with van der Waals surface area (Å²) in [5, 5.41) is 10.3. The van der Waals surface area contributed by atoms with Crippen molar-refractivity contribution in [3.63, 3.8) is 0 Å². The Labute approximate surface area is 301 Å². The van der Waals surface area contributed by atoms with E-state index in [1.54, 1.807) is 70.5 Å². The van der Waals surface area contributed by atoms with Crippen LogP contribution in [0.15, 0.2) is 59.1 Å². The predicted molar refractivity (Wildman–Crippen MR) is 187 cm³/mol. The largest absolute Gasteiger partial charge is 0.495 e. The second kappa shape index (κ2) is 15.4. The molecule has 2 aromatic heterocycles. The third-order valence-corrected chi connectivity index (χ3v) is 7.63. The third-order valence-electron chi connectivity index (χ3n) is 7.63. The summed E-state index contributed by atoms with van der Waals surface area (Å²) in [5.74, 6) is -5.26. The Morgan fingerprint density at radius 3 is 2.21 bits per heavy atom. The summed E-state index contributed by atoms with van der Waals surface area (Å²) in [5.41, 5.74) is -0.735. The predicted octanol–water partition coefficient (Wildman–Crippen LogP) is 7.59. The van der Waals surface area contributed by atoms with Gasteiger partial charge in [0.05, 0.1) is 43.9 Å². The lowest BCUT2D eigenvalue weighted by Gasteiger charge is -2.27. The molecular weight excluding hydrogens is 683 g/mol. The number of nitrogens with zero attached hydrogens (tertiary/aromatic N) is 4. The van der Waals surface area contributed by atoms with E-state index >= 15 is 13.2 Å². The monoisotopic (exact) mass is 727 g/mol. The highest BCUT2D eigenvalue weighted by molar-refractivity contribution is 6.01. The first-order valence-corrected chi connectivity index (χ1v) is 16.2. The molecule has 0 saturated carbocycles. The van der Waals surface area contributed by atoms with Gasteiger partial charge >= 0.3 is 12.1 Å². The molecule has 0 radical (unpaired) electrons. The standard InChI is InChI=1S/C34H36F3N5O5.C3H6O2.H2/c1-32(2,3)30-41-40-28(46-30)22-14-27-23(15-24(22)35)34(36,37)16-26(39-31(44)47-33(4,5)6)29(43)42(27)18-19-8-10-20(11-9-19)25-13-12-21(45-7)17-38-25;1-3(4)5-2;/h8-15,17,26H,16,18H2,1-7H3,(H,39,44);1-2H3;1H. The maximum atomic E-state index is 15.9. The number of nitrogens with one attached hydrogen (secondary N) is 1. The summed E-state index contributed by atoms with van der Waals surface area (Å²) < 4.78 is 67.7. The van der Waals surface area contributed by atoms with Crippen LogP contribution in [-0.2, 0) is 36.9 Å². The Morgan fingerprint density at radius 2 is 1.69 bits per heavy atom. The zero-order valence-corrected chi connectivity index (χ0v) is 30.5. The molecule has 280 valence electrons. The quantitative estimate of drug-likeness (QED) is 0.197. The summed E-state index contributed by atoms with van der Waals surface area (Å²) in [6.45, 7) is 11.5. The molecule has 1 N–H and O–H groups in total. The number of pyridine rings is 1. The van der Waals surface area contributed by atoms with Crippen molar-refractivity contribution in [3.05, 3.63) is 77.6 Å². The molecule has 4 aromatic rings. The number of rotatable bonds is 6. The molecule has 1 unspecified atom stereocenters. The zero-order chi connectivity index (χ0) is 38.6. The zero-order valence-electron chi connectivity index (χ0n) is 30.5. The third kappa shape index (κ3) is 9.65. The topological polar surface area (TPSA) is 146 Å². The summed E-state index contributed by atoms with van der Waals surface area (Å²) in [6.07, 6.45) is -0.579. The van der Waals surface area contributed by atoms with Gasteiger partial charge in [-0.05, 0) is 50.6 Å². The van der Waals surface area contributed by atoms with Crippen molar-refractivity contribution in [2.45, 2.75) is 84.4 Å². The molecule has 0 spiro atoms. The van der Waals surface area contributed by atoms with Crippen molar-refractivity contribution in [3.8, 4) is 28.5 Å². The number of aromatic nitrogens is 3. The lowest BCUT2D eigenvalue weighted by molar-refractivity contribution is -0.138. The number of esters is 1. The van der Waals surface area contributed by atoms with Gasteiger partial charge in [-0.25, -0.2) is 18.0 Å². The molecular formula is C37H44F3N5O7. The van der Waals surface area contributed by atoms with E-state index in [0.29, 0.717) is 23.1 Å².